The Morgan fingerprint density at radius 1 is 1.00 bits per heavy atom. The lowest BCUT2D eigenvalue weighted by molar-refractivity contribution is 0.0928. The molecule has 0 spiro atoms. The molecule has 1 aliphatic rings. The Hall–Kier alpha value is -3.48. The van der Waals surface area contributed by atoms with Crippen LogP contribution < -0.4 is 5.32 Å². The van der Waals surface area contributed by atoms with Crippen LogP contribution in [0, 0.1) is 0 Å². The fraction of sp³-hybridized carbons (Fsp3) is 0.273. The van der Waals surface area contributed by atoms with Gasteiger partial charge in [-0.1, -0.05) is 31.4 Å². The van der Waals surface area contributed by atoms with Gasteiger partial charge < -0.3 is 5.32 Å². The molecule has 0 bridgehead atoms. The van der Waals surface area contributed by atoms with Crippen molar-refractivity contribution < 1.29 is 4.79 Å². The highest BCUT2D eigenvalue weighted by molar-refractivity contribution is 5.99. The zero-order valence-electron chi connectivity index (χ0n) is 16.0. The van der Waals surface area contributed by atoms with Crippen LogP contribution in [0.1, 0.15) is 42.5 Å². The predicted molar refractivity (Wildman–Crippen MR) is 111 cm³/mol. The number of rotatable bonds is 4. The summed E-state index contributed by atoms with van der Waals surface area (Å²) in [6, 6.07) is 13.9. The van der Waals surface area contributed by atoms with Crippen LogP contribution in [0.4, 0.5) is 0 Å². The lowest BCUT2D eigenvalue weighted by Gasteiger charge is -2.22. The van der Waals surface area contributed by atoms with E-state index in [1.165, 1.54) is 19.3 Å². The maximum Gasteiger partial charge on any atom is 0.251 e. The predicted octanol–water partition coefficient (Wildman–Crippen LogP) is 4.08. The number of aromatic amines is 2. The highest BCUT2D eigenvalue weighted by Crippen LogP contribution is 2.30. The Kier molecular flexibility index (Phi) is 4.56. The Morgan fingerprint density at radius 3 is 2.72 bits per heavy atom. The molecular formula is C22H22N6O. The number of fused-ring (bicyclic) bond motifs is 1. The smallest absolute Gasteiger partial charge is 0.251 e. The van der Waals surface area contributed by atoms with Crippen molar-refractivity contribution in [3.63, 3.8) is 0 Å². The van der Waals surface area contributed by atoms with E-state index in [4.69, 9.17) is 0 Å². The molecule has 1 saturated carbocycles. The summed E-state index contributed by atoms with van der Waals surface area (Å²) >= 11 is 0. The van der Waals surface area contributed by atoms with Gasteiger partial charge in [-0.3, -0.25) is 15.0 Å². The molecule has 1 aliphatic carbocycles. The Bertz CT molecular complexity index is 1140. The highest BCUT2D eigenvalue weighted by atomic mass is 16.1. The van der Waals surface area contributed by atoms with E-state index in [1.54, 1.807) is 6.33 Å². The molecule has 0 atom stereocenters. The van der Waals surface area contributed by atoms with Gasteiger partial charge >= 0.3 is 0 Å². The molecule has 5 rings (SSSR count). The van der Waals surface area contributed by atoms with Gasteiger partial charge in [-0.05, 0) is 43.2 Å². The maximum absolute atomic E-state index is 12.7. The van der Waals surface area contributed by atoms with Crippen LogP contribution in [0.15, 0.2) is 48.8 Å². The van der Waals surface area contributed by atoms with Gasteiger partial charge in [0.2, 0.25) is 0 Å². The molecule has 2 aromatic carbocycles. The van der Waals surface area contributed by atoms with Crippen molar-refractivity contribution in [3.05, 3.63) is 54.4 Å². The molecule has 0 aliphatic heterocycles. The summed E-state index contributed by atoms with van der Waals surface area (Å²) in [6.45, 7) is 0. The fourth-order valence-electron chi connectivity index (χ4n) is 4.04. The summed E-state index contributed by atoms with van der Waals surface area (Å²) in [5, 5.41) is 18.6. The summed E-state index contributed by atoms with van der Waals surface area (Å²) in [7, 11) is 0. The maximum atomic E-state index is 12.7. The number of nitrogens with one attached hydrogen (secondary N) is 3. The van der Waals surface area contributed by atoms with Gasteiger partial charge in [0.25, 0.3) is 5.91 Å². The lowest BCUT2D eigenvalue weighted by Crippen LogP contribution is -2.36. The fourth-order valence-corrected chi connectivity index (χ4v) is 4.04. The average molecular weight is 386 g/mol. The van der Waals surface area contributed by atoms with Crippen molar-refractivity contribution in [1.82, 2.24) is 30.7 Å². The Morgan fingerprint density at radius 2 is 1.90 bits per heavy atom. The van der Waals surface area contributed by atoms with Crippen molar-refractivity contribution >= 4 is 16.8 Å². The van der Waals surface area contributed by atoms with Crippen molar-refractivity contribution in [2.75, 3.05) is 0 Å². The topological polar surface area (TPSA) is 99.4 Å². The Labute approximate surface area is 168 Å². The number of amides is 1. The molecule has 1 fully saturated rings. The second-order valence-corrected chi connectivity index (χ2v) is 7.54. The van der Waals surface area contributed by atoms with Crippen LogP contribution in [-0.4, -0.2) is 37.3 Å². The van der Waals surface area contributed by atoms with Gasteiger partial charge in [-0.25, -0.2) is 4.98 Å². The first-order chi connectivity index (χ1) is 14.3. The van der Waals surface area contributed by atoms with E-state index < -0.39 is 0 Å². The van der Waals surface area contributed by atoms with Crippen molar-refractivity contribution in [2.24, 2.45) is 0 Å². The molecular weight excluding hydrogens is 364 g/mol. The van der Waals surface area contributed by atoms with Gasteiger partial charge in [-0.15, -0.1) is 0 Å². The van der Waals surface area contributed by atoms with Gasteiger partial charge in [0.1, 0.15) is 6.33 Å². The van der Waals surface area contributed by atoms with Crippen LogP contribution in [0.3, 0.4) is 0 Å². The Balaban J connectivity index is 1.46. The van der Waals surface area contributed by atoms with E-state index in [1.807, 2.05) is 42.5 Å². The molecule has 3 N–H and O–H groups in total. The van der Waals surface area contributed by atoms with E-state index >= 15 is 0 Å². The van der Waals surface area contributed by atoms with Gasteiger partial charge in [0.05, 0.1) is 11.2 Å². The number of hydrogen-bond acceptors (Lipinski definition) is 4. The first kappa shape index (κ1) is 17.6. The minimum Gasteiger partial charge on any atom is -0.349 e. The molecule has 4 aromatic rings. The normalized spacial score (nSPS) is 14.9. The second-order valence-electron chi connectivity index (χ2n) is 7.54. The SMILES string of the molecule is O=C(NC1CCCCC1)c1cccc(-c2n[nH]c3ccc(-c4nc[nH]n4)cc23)c1. The molecule has 2 aromatic heterocycles. The minimum atomic E-state index is -0.0139. The van der Waals surface area contributed by atoms with Crippen LogP contribution in [-0.2, 0) is 0 Å². The third-order valence-electron chi connectivity index (χ3n) is 5.57. The summed E-state index contributed by atoms with van der Waals surface area (Å²) in [5.41, 5.74) is 4.21. The zero-order chi connectivity index (χ0) is 19.6. The molecule has 7 nitrogen and oxygen atoms in total. The summed E-state index contributed by atoms with van der Waals surface area (Å²) in [5.74, 6) is 0.625. The summed E-state index contributed by atoms with van der Waals surface area (Å²) in [4.78, 5) is 17.0. The van der Waals surface area contributed by atoms with E-state index in [2.05, 4.69) is 30.7 Å². The van der Waals surface area contributed by atoms with E-state index in [9.17, 15) is 4.79 Å². The molecule has 0 unspecified atom stereocenters. The third kappa shape index (κ3) is 3.51. The average Bonchev–Trinajstić information content (AvgIpc) is 3.44. The number of nitrogens with zero attached hydrogens (tertiary/aromatic N) is 3. The summed E-state index contributed by atoms with van der Waals surface area (Å²) < 4.78 is 0. The number of benzene rings is 2. The first-order valence-corrected chi connectivity index (χ1v) is 10.0. The lowest BCUT2D eigenvalue weighted by atomic mass is 9.95. The minimum absolute atomic E-state index is 0.0139. The number of H-pyrrole nitrogens is 2. The van der Waals surface area contributed by atoms with Crippen LogP contribution in [0.25, 0.3) is 33.5 Å². The third-order valence-corrected chi connectivity index (χ3v) is 5.57. The summed E-state index contributed by atoms with van der Waals surface area (Å²) in [6.07, 6.45) is 7.35. The van der Waals surface area contributed by atoms with Crippen LogP contribution in [0.5, 0.6) is 0 Å². The number of carbonyl (C=O) groups excluding carboxylic acids is 1. The molecule has 1 amide bonds. The van der Waals surface area contributed by atoms with E-state index in [-0.39, 0.29) is 11.9 Å². The van der Waals surface area contributed by atoms with Crippen molar-refractivity contribution in [1.29, 1.82) is 0 Å². The zero-order valence-corrected chi connectivity index (χ0v) is 16.0. The molecule has 0 saturated heterocycles. The number of hydrogen-bond donors (Lipinski definition) is 3. The van der Waals surface area contributed by atoms with Gasteiger partial charge in [0.15, 0.2) is 5.82 Å². The van der Waals surface area contributed by atoms with E-state index in [0.717, 1.165) is 40.6 Å². The van der Waals surface area contributed by atoms with Crippen LogP contribution >= 0.6 is 0 Å². The molecule has 7 heteroatoms. The first-order valence-electron chi connectivity index (χ1n) is 10.0. The molecule has 29 heavy (non-hydrogen) atoms. The monoisotopic (exact) mass is 386 g/mol. The molecule has 2 heterocycles. The quantitative estimate of drug-likeness (QED) is 0.492. The van der Waals surface area contributed by atoms with Crippen molar-refractivity contribution in [3.8, 4) is 22.6 Å². The van der Waals surface area contributed by atoms with Crippen LogP contribution in [0.2, 0.25) is 0 Å². The molecule has 146 valence electrons. The largest absolute Gasteiger partial charge is 0.349 e. The standard InChI is InChI=1S/C22H22N6O/c29-22(25-17-7-2-1-3-8-17)16-6-4-5-14(11-16)20-18-12-15(21-23-13-24-28-21)9-10-19(18)26-27-20/h4-6,9-13,17H,1-3,7-8H2,(H,25,29)(H,26,27)(H,23,24,28). The number of aromatic nitrogens is 5. The van der Waals surface area contributed by atoms with Gasteiger partial charge in [0, 0.05) is 28.1 Å². The van der Waals surface area contributed by atoms with Gasteiger partial charge in [-0.2, -0.15) is 10.2 Å². The van der Waals surface area contributed by atoms with E-state index in [0.29, 0.717) is 11.4 Å². The second kappa shape index (κ2) is 7.50. The van der Waals surface area contributed by atoms with Crippen molar-refractivity contribution in [2.45, 2.75) is 38.1 Å². The highest BCUT2D eigenvalue weighted by Gasteiger charge is 2.18. The molecule has 0 radical (unpaired) electrons. The number of carbonyl (C=O) groups is 1.